The van der Waals surface area contributed by atoms with Gasteiger partial charge in [-0.3, -0.25) is 9.36 Å². The molecule has 1 aliphatic carbocycles. The maximum absolute atomic E-state index is 13.1. The molecular weight excluding hydrogens is 346 g/mol. The predicted octanol–water partition coefficient (Wildman–Crippen LogP) is 3.33. The number of hydrogen-bond donors (Lipinski definition) is 0. The van der Waals surface area contributed by atoms with E-state index in [4.69, 9.17) is 0 Å². The summed E-state index contributed by atoms with van der Waals surface area (Å²) in [6.07, 6.45) is 5.67. The number of hydrogen-bond acceptors (Lipinski definition) is 6. The highest BCUT2D eigenvalue weighted by Crippen LogP contribution is 2.40. The van der Waals surface area contributed by atoms with Crippen LogP contribution in [0.5, 0.6) is 0 Å². The standard InChI is InChI=1S/C19H17N5OS/c1-23(2)17-14-15-16(26-18(14)21-9-20-17)19(25)24(10-22-15)13-7-5-12(6-8-13)11-3-4-11/h5-11H,3-4H2,1-2H3. The molecule has 0 spiro atoms. The second-order valence-electron chi connectivity index (χ2n) is 6.84. The van der Waals surface area contributed by atoms with E-state index in [1.165, 1.54) is 36.1 Å². The molecule has 1 saturated carbocycles. The predicted molar refractivity (Wildman–Crippen MR) is 105 cm³/mol. The van der Waals surface area contributed by atoms with Crippen LogP contribution in [0.2, 0.25) is 0 Å². The van der Waals surface area contributed by atoms with Crippen LogP contribution in [0.15, 0.2) is 41.7 Å². The number of thiophene rings is 1. The lowest BCUT2D eigenvalue weighted by Gasteiger charge is -2.11. The van der Waals surface area contributed by atoms with Crippen molar-refractivity contribution in [2.24, 2.45) is 0 Å². The van der Waals surface area contributed by atoms with Gasteiger partial charge in [-0.2, -0.15) is 0 Å². The molecule has 1 aliphatic rings. The van der Waals surface area contributed by atoms with Crippen molar-refractivity contribution in [2.75, 3.05) is 19.0 Å². The average molecular weight is 363 g/mol. The van der Waals surface area contributed by atoms with Crippen molar-refractivity contribution in [1.29, 1.82) is 0 Å². The number of benzene rings is 1. The normalized spacial score (nSPS) is 14.2. The lowest BCUT2D eigenvalue weighted by atomic mass is 10.1. The largest absolute Gasteiger partial charge is 0.362 e. The summed E-state index contributed by atoms with van der Waals surface area (Å²) < 4.78 is 2.22. The molecule has 7 heteroatoms. The molecule has 3 aromatic heterocycles. The third kappa shape index (κ3) is 2.31. The fraction of sp³-hybridized carbons (Fsp3) is 0.263. The Hall–Kier alpha value is -2.80. The Morgan fingerprint density at radius 1 is 1.12 bits per heavy atom. The van der Waals surface area contributed by atoms with Crippen molar-refractivity contribution in [3.63, 3.8) is 0 Å². The molecule has 3 heterocycles. The first-order valence-electron chi connectivity index (χ1n) is 8.56. The van der Waals surface area contributed by atoms with Gasteiger partial charge in [0.15, 0.2) is 0 Å². The van der Waals surface area contributed by atoms with Crippen LogP contribution >= 0.6 is 11.3 Å². The Morgan fingerprint density at radius 2 is 1.88 bits per heavy atom. The summed E-state index contributed by atoms with van der Waals surface area (Å²) in [5, 5.41) is 0.839. The van der Waals surface area contributed by atoms with Crippen LogP contribution in [0.25, 0.3) is 26.1 Å². The topological polar surface area (TPSA) is 63.9 Å². The fourth-order valence-corrected chi connectivity index (χ4v) is 4.32. The quantitative estimate of drug-likeness (QED) is 0.559. The van der Waals surface area contributed by atoms with Crippen molar-refractivity contribution >= 4 is 37.6 Å². The van der Waals surface area contributed by atoms with Gasteiger partial charge < -0.3 is 4.90 Å². The Labute approximate surface area is 153 Å². The highest BCUT2D eigenvalue weighted by atomic mass is 32.1. The minimum atomic E-state index is -0.0677. The molecule has 0 N–H and O–H groups in total. The van der Waals surface area contributed by atoms with E-state index >= 15 is 0 Å². The molecular formula is C19H17N5OS. The summed E-state index contributed by atoms with van der Waals surface area (Å²) in [5.74, 6) is 1.48. The summed E-state index contributed by atoms with van der Waals surface area (Å²) in [5.41, 5.74) is 2.79. The van der Waals surface area contributed by atoms with Crippen LogP contribution in [0.1, 0.15) is 24.3 Å². The summed E-state index contributed by atoms with van der Waals surface area (Å²) >= 11 is 1.37. The van der Waals surface area contributed by atoms with Crippen molar-refractivity contribution in [2.45, 2.75) is 18.8 Å². The van der Waals surface area contributed by atoms with Crippen LogP contribution in [-0.4, -0.2) is 33.6 Å². The molecule has 26 heavy (non-hydrogen) atoms. The van der Waals surface area contributed by atoms with Crippen LogP contribution < -0.4 is 10.5 Å². The average Bonchev–Trinajstić information content (AvgIpc) is 3.42. The summed E-state index contributed by atoms with van der Waals surface area (Å²) in [6, 6.07) is 8.23. The van der Waals surface area contributed by atoms with E-state index in [1.54, 1.807) is 10.9 Å². The van der Waals surface area contributed by atoms with Gasteiger partial charge in [0.25, 0.3) is 5.56 Å². The Balaban J connectivity index is 1.71. The van der Waals surface area contributed by atoms with Crippen molar-refractivity contribution < 1.29 is 0 Å². The Kier molecular flexibility index (Phi) is 3.33. The Bertz CT molecular complexity index is 1190. The lowest BCUT2D eigenvalue weighted by Crippen LogP contribution is -2.17. The van der Waals surface area contributed by atoms with Gasteiger partial charge in [0.2, 0.25) is 0 Å². The number of aromatic nitrogens is 4. The van der Waals surface area contributed by atoms with E-state index in [9.17, 15) is 4.79 Å². The molecule has 5 rings (SSSR count). The summed E-state index contributed by atoms with van der Waals surface area (Å²) in [7, 11) is 3.85. The second-order valence-corrected chi connectivity index (χ2v) is 7.84. The van der Waals surface area contributed by atoms with Gasteiger partial charge in [-0.15, -0.1) is 11.3 Å². The lowest BCUT2D eigenvalue weighted by molar-refractivity contribution is 0.963. The number of nitrogens with zero attached hydrogens (tertiary/aromatic N) is 5. The molecule has 1 fully saturated rings. The zero-order valence-electron chi connectivity index (χ0n) is 14.5. The number of fused-ring (bicyclic) bond motifs is 3. The molecule has 0 aliphatic heterocycles. The Morgan fingerprint density at radius 3 is 2.58 bits per heavy atom. The molecule has 130 valence electrons. The molecule has 4 aromatic rings. The maximum atomic E-state index is 13.1. The SMILES string of the molecule is CN(C)c1ncnc2sc3c(=O)n(-c4ccc(C5CC5)cc4)cnc3c12. The van der Waals surface area contributed by atoms with Gasteiger partial charge in [0.1, 0.15) is 33.5 Å². The minimum absolute atomic E-state index is 0.0677. The van der Waals surface area contributed by atoms with E-state index < -0.39 is 0 Å². The van der Waals surface area contributed by atoms with Crippen molar-refractivity contribution in [3.05, 3.63) is 52.8 Å². The fourth-order valence-electron chi connectivity index (χ4n) is 3.30. The third-order valence-corrected chi connectivity index (χ3v) is 5.88. The monoisotopic (exact) mass is 363 g/mol. The van der Waals surface area contributed by atoms with Gasteiger partial charge in [-0.25, -0.2) is 15.0 Å². The van der Waals surface area contributed by atoms with Crippen molar-refractivity contribution in [3.8, 4) is 5.69 Å². The molecule has 0 saturated heterocycles. The van der Waals surface area contributed by atoms with Gasteiger partial charge in [-0.1, -0.05) is 12.1 Å². The summed E-state index contributed by atoms with van der Waals surface area (Å²) in [6.45, 7) is 0. The van der Waals surface area contributed by atoms with E-state index in [1.807, 2.05) is 31.1 Å². The molecule has 0 atom stereocenters. The molecule has 0 bridgehead atoms. The molecule has 6 nitrogen and oxygen atoms in total. The van der Waals surface area contributed by atoms with Crippen LogP contribution in [0, 0.1) is 0 Å². The van der Waals surface area contributed by atoms with E-state index in [0.717, 1.165) is 21.7 Å². The number of anilines is 1. The second kappa shape index (κ2) is 5.60. The summed E-state index contributed by atoms with van der Waals surface area (Å²) in [4.78, 5) is 29.0. The van der Waals surface area contributed by atoms with Gasteiger partial charge in [0.05, 0.1) is 11.1 Å². The van der Waals surface area contributed by atoms with Gasteiger partial charge in [0, 0.05) is 14.1 Å². The smallest absolute Gasteiger partial charge is 0.275 e. The zero-order valence-corrected chi connectivity index (χ0v) is 15.3. The minimum Gasteiger partial charge on any atom is -0.362 e. The number of rotatable bonds is 3. The van der Waals surface area contributed by atoms with E-state index in [-0.39, 0.29) is 5.56 Å². The molecule has 0 unspecified atom stereocenters. The van der Waals surface area contributed by atoms with Crippen LogP contribution in [0.4, 0.5) is 5.82 Å². The highest BCUT2D eigenvalue weighted by molar-refractivity contribution is 7.25. The first kappa shape index (κ1) is 15.5. The van der Waals surface area contributed by atoms with Crippen LogP contribution in [-0.2, 0) is 0 Å². The van der Waals surface area contributed by atoms with E-state index in [2.05, 4.69) is 27.1 Å². The molecule has 0 amide bonds. The molecule has 1 aromatic carbocycles. The van der Waals surface area contributed by atoms with Gasteiger partial charge in [-0.05, 0) is 36.5 Å². The third-order valence-electron chi connectivity index (χ3n) is 4.80. The molecule has 0 radical (unpaired) electrons. The van der Waals surface area contributed by atoms with E-state index in [0.29, 0.717) is 16.1 Å². The van der Waals surface area contributed by atoms with Crippen LogP contribution in [0.3, 0.4) is 0 Å². The first-order chi connectivity index (χ1) is 12.6. The first-order valence-corrected chi connectivity index (χ1v) is 9.37. The highest BCUT2D eigenvalue weighted by Gasteiger charge is 2.23. The zero-order chi connectivity index (χ0) is 17.8. The van der Waals surface area contributed by atoms with Crippen molar-refractivity contribution in [1.82, 2.24) is 19.5 Å². The van der Waals surface area contributed by atoms with Gasteiger partial charge >= 0.3 is 0 Å². The maximum Gasteiger partial charge on any atom is 0.275 e.